The maximum atomic E-state index is 13.0. The van der Waals surface area contributed by atoms with Crippen molar-refractivity contribution in [2.24, 2.45) is 5.41 Å². The number of hydrogen-bond acceptors (Lipinski definition) is 5. The summed E-state index contributed by atoms with van der Waals surface area (Å²) in [5.74, 6) is -0.742. The highest BCUT2D eigenvalue weighted by atomic mass is 16.5. The summed E-state index contributed by atoms with van der Waals surface area (Å²) in [7, 11) is 0. The summed E-state index contributed by atoms with van der Waals surface area (Å²) in [5.41, 5.74) is -1.13. The summed E-state index contributed by atoms with van der Waals surface area (Å²) in [5, 5.41) is 5.66. The number of rotatable bonds is 5. The Balaban J connectivity index is 1.76. The van der Waals surface area contributed by atoms with Crippen LogP contribution in [0.5, 0.6) is 0 Å². The second-order valence-corrected chi connectivity index (χ2v) is 8.34. The topological polar surface area (TPSA) is 97.6 Å². The van der Waals surface area contributed by atoms with Crippen molar-refractivity contribution < 1.29 is 23.5 Å². The lowest BCUT2D eigenvalue weighted by Gasteiger charge is -2.32. The third-order valence-electron chi connectivity index (χ3n) is 5.03. The Kier molecular flexibility index (Phi) is 4.92. The SMILES string of the molecule is CC(C)(C)CC(NC(=O)c1ccco1)C(=O)NC12CCCC1OCC2=O. The summed E-state index contributed by atoms with van der Waals surface area (Å²) in [6.07, 6.45) is 3.74. The van der Waals surface area contributed by atoms with Crippen LogP contribution in [0.3, 0.4) is 0 Å². The molecule has 1 aromatic heterocycles. The Morgan fingerprint density at radius 2 is 2.15 bits per heavy atom. The number of carbonyl (C=O) groups is 3. The van der Waals surface area contributed by atoms with Crippen molar-refractivity contribution in [2.75, 3.05) is 6.61 Å². The van der Waals surface area contributed by atoms with Crippen LogP contribution in [0.2, 0.25) is 0 Å². The van der Waals surface area contributed by atoms with E-state index >= 15 is 0 Å². The van der Waals surface area contributed by atoms with E-state index in [1.165, 1.54) is 6.26 Å². The first kappa shape index (κ1) is 18.6. The van der Waals surface area contributed by atoms with Gasteiger partial charge in [0.15, 0.2) is 11.5 Å². The van der Waals surface area contributed by atoms with Gasteiger partial charge in [-0.05, 0) is 43.2 Å². The summed E-state index contributed by atoms with van der Waals surface area (Å²) in [6, 6.07) is 2.39. The van der Waals surface area contributed by atoms with Gasteiger partial charge in [0.2, 0.25) is 5.91 Å². The molecule has 0 radical (unpaired) electrons. The number of ether oxygens (including phenoxy) is 1. The van der Waals surface area contributed by atoms with E-state index in [1.807, 2.05) is 20.8 Å². The first-order valence-electron chi connectivity index (χ1n) is 9.03. The highest BCUT2D eigenvalue weighted by Crippen LogP contribution is 2.38. The van der Waals surface area contributed by atoms with Crippen LogP contribution in [0.1, 0.15) is 57.0 Å². The monoisotopic (exact) mass is 362 g/mol. The Morgan fingerprint density at radius 1 is 1.38 bits per heavy atom. The Bertz CT molecular complexity index is 691. The molecule has 26 heavy (non-hydrogen) atoms. The predicted octanol–water partition coefficient (Wildman–Crippen LogP) is 1.82. The van der Waals surface area contributed by atoms with Gasteiger partial charge in [-0.1, -0.05) is 20.8 Å². The van der Waals surface area contributed by atoms with Crippen LogP contribution >= 0.6 is 0 Å². The van der Waals surface area contributed by atoms with Gasteiger partial charge in [-0.25, -0.2) is 0 Å². The Hall–Kier alpha value is -2.15. The second kappa shape index (κ2) is 6.87. The maximum absolute atomic E-state index is 13.0. The average molecular weight is 362 g/mol. The number of carbonyl (C=O) groups excluding carboxylic acids is 3. The normalized spacial score (nSPS) is 26.4. The smallest absolute Gasteiger partial charge is 0.287 e. The third-order valence-corrected chi connectivity index (χ3v) is 5.03. The molecule has 0 bridgehead atoms. The first-order valence-corrected chi connectivity index (χ1v) is 9.03. The standard InChI is InChI=1S/C19H26N2O5/c1-18(2,3)10-12(20-17(24)13-6-5-9-25-13)16(23)21-19-8-4-7-15(19)26-11-14(19)22/h5-6,9,12,15H,4,7-8,10-11H2,1-3H3,(H,20,24)(H,21,23). The molecular formula is C19H26N2O5. The lowest BCUT2D eigenvalue weighted by Crippen LogP contribution is -2.60. The van der Waals surface area contributed by atoms with Crippen LogP contribution < -0.4 is 10.6 Å². The number of hydrogen-bond donors (Lipinski definition) is 2. The van der Waals surface area contributed by atoms with E-state index in [9.17, 15) is 14.4 Å². The van der Waals surface area contributed by atoms with Gasteiger partial charge < -0.3 is 19.8 Å². The van der Waals surface area contributed by atoms with Crippen molar-refractivity contribution in [3.63, 3.8) is 0 Å². The molecule has 3 atom stereocenters. The number of furan rings is 1. The van der Waals surface area contributed by atoms with Crippen molar-refractivity contribution in [1.29, 1.82) is 0 Å². The fraction of sp³-hybridized carbons (Fsp3) is 0.632. The van der Waals surface area contributed by atoms with Gasteiger partial charge in [-0.3, -0.25) is 14.4 Å². The zero-order valence-electron chi connectivity index (χ0n) is 15.5. The van der Waals surface area contributed by atoms with E-state index in [0.29, 0.717) is 12.8 Å². The van der Waals surface area contributed by atoms with Crippen LogP contribution in [0.25, 0.3) is 0 Å². The number of fused-ring (bicyclic) bond motifs is 1. The molecule has 0 aromatic carbocycles. The molecule has 142 valence electrons. The highest BCUT2D eigenvalue weighted by Gasteiger charge is 2.55. The molecule has 1 saturated carbocycles. The first-order chi connectivity index (χ1) is 12.2. The molecule has 2 N–H and O–H groups in total. The largest absolute Gasteiger partial charge is 0.459 e. The van der Waals surface area contributed by atoms with Crippen molar-refractivity contribution >= 4 is 17.6 Å². The minimum Gasteiger partial charge on any atom is -0.459 e. The van der Waals surface area contributed by atoms with Crippen LogP contribution in [0.15, 0.2) is 22.8 Å². The van der Waals surface area contributed by atoms with Gasteiger partial charge in [-0.2, -0.15) is 0 Å². The molecule has 3 unspecified atom stereocenters. The summed E-state index contributed by atoms with van der Waals surface area (Å²) >= 11 is 0. The molecule has 7 heteroatoms. The van der Waals surface area contributed by atoms with Gasteiger partial charge in [0.05, 0.1) is 12.4 Å². The Labute approximate surface area is 152 Å². The number of Topliss-reactive ketones (excluding diaryl/α,β-unsaturated/α-hetero) is 1. The molecule has 2 fully saturated rings. The van der Waals surface area contributed by atoms with Gasteiger partial charge in [0, 0.05) is 0 Å². The van der Waals surface area contributed by atoms with Crippen molar-refractivity contribution in [2.45, 2.75) is 64.1 Å². The van der Waals surface area contributed by atoms with Crippen molar-refractivity contribution in [1.82, 2.24) is 10.6 Å². The third kappa shape index (κ3) is 3.67. The molecule has 7 nitrogen and oxygen atoms in total. The zero-order chi connectivity index (χ0) is 18.9. The van der Waals surface area contributed by atoms with E-state index in [1.54, 1.807) is 12.1 Å². The minimum atomic E-state index is -0.942. The fourth-order valence-corrected chi connectivity index (χ4v) is 3.80. The van der Waals surface area contributed by atoms with Crippen LogP contribution in [-0.4, -0.2) is 41.9 Å². The quantitative estimate of drug-likeness (QED) is 0.833. The number of amides is 2. The summed E-state index contributed by atoms with van der Waals surface area (Å²) in [4.78, 5) is 37.7. The zero-order valence-corrected chi connectivity index (χ0v) is 15.5. The predicted molar refractivity (Wildman–Crippen MR) is 93.5 cm³/mol. The molecule has 2 heterocycles. The summed E-state index contributed by atoms with van der Waals surface area (Å²) < 4.78 is 10.7. The lowest BCUT2D eigenvalue weighted by atomic mass is 9.86. The van der Waals surface area contributed by atoms with Crippen LogP contribution in [0.4, 0.5) is 0 Å². The fourth-order valence-electron chi connectivity index (χ4n) is 3.80. The molecule has 3 rings (SSSR count). The maximum Gasteiger partial charge on any atom is 0.287 e. The van der Waals surface area contributed by atoms with Gasteiger partial charge >= 0.3 is 0 Å². The highest BCUT2D eigenvalue weighted by molar-refractivity contribution is 5.99. The van der Waals surface area contributed by atoms with E-state index < -0.39 is 17.5 Å². The van der Waals surface area contributed by atoms with Gasteiger partial charge in [-0.15, -0.1) is 0 Å². The molecular weight excluding hydrogens is 336 g/mol. The van der Waals surface area contributed by atoms with E-state index in [-0.39, 0.29) is 35.6 Å². The molecule has 1 saturated heterocycles. The number of ketones is 1. The molecule has 2 aliphatic rings. The molecule has 1 aliphatic carbocycles. The minimum absolute atomic E-state index is 0.0354. The van der Waals surface area contributed by atoms with Crippen molar-refractivity contribution in [3.8, 4) is 0 Å². The van der Waals surface area contributed by atoms with Gasteiger partial charge in [0.25, 0.3) is 5.91 Å². The van der Waals surface area contributed by atoms with Crippen LogP contribution in [-0.2, 0) is 14.3 Å². The lowest BCUT2D eigenvalue weighted by molar-refractivity contribution is -0.131. The van der Waals surface area contributed by atoms with E-state index in [0.717, 1.165) is 12.8 Å². The van der Waals surface area contributed by atoms with Crippen LogP contribution in [0, 0.1) is 5.41 Å². The summed E-state index contributed by atoms with van der Waals surface area (Å²) in [6.45, 7) is 6.01. The molecule has 1 aromatic rings. The van der Waals surface area contributed by atoms with E-state index in [4.69, 9.17) is 9.15 Å². The average Bonchev–Trinajstić information content (AvgIpc) is 3.25. The van der Waals surface area contributed by atoms with Crippen molar-refractivity contribution in [3.05, 3.63) is 24.2 Å². The van der Waals surface area contributed by atoms with Gasteiger partial charge in [0.1, 0.15) is 18.2 Å². The molecule has 2 amide bonds. The number of nitrogens with one attached hydrogen (secondary N) is 2. The second-order valence-electron chi connectivity index (χ2n) is 8.34. The van der Waals surface area contributed by atoms with E-state index in [2.05, 4.69) is 10.6 Å². The molecule has 0 spiro atoms. The molecule has 1 aliphatic heterocycles. The Morgan fingerprint density at radius 3 is 2.81 bits per heavy atom.